The Hall–Kier alpha value is -0.750. The van der Waals surface area contributed by atoms with Crippen LogP contribution in [-0.2, 0) is 6.54 Å². The molecule has 1 atom stereocenters. The van der Waals surface area contributed by atoms with E-state index in [1.807, 2.05) is 7.05 Å². The molecule has 0 bridgehead atoms. The zero-order chi connectivity index (χ0) is 15.2. The molecule has 0 aliphatic heterocycles. The number of thiazole rings is 1. The van der Waals surface area contributed by atoms with Gasteiger partial charge in [0.05, 0.1) is 10.7 Å². The maximum atomic E-state index is 4.52. The lowest BCUT2D eigenvalue weighted by atomic mass is 10.0. The highest BCUT2D eigenvalue weighted by Crippen LogP contribution is 2.20. The normalized spacial score (nSPS) is 12.8. The Labute approximate surface area is 139 Å². The van der Waals surface area contributed by atoms with E-state index in [2.05, 4.69) is 74.7 Å². The SMILES string of the molecule is CNC(CCN(C)Cc1csc(C)n1)c1ccc(Br)cc1. The van der Waals surface area contributed by atoms with Gasteiger partial charge in [-0.05, 0) is 45.1 Å². The molecule has 114 valence electrons. The van der Waals surface area contributed by atoms with Gasteiger partial charge in [-0.2, -0.15) is 0 Å². The van der Waals surface area contributed by atoms with Gasteiger partial charge in [-0.25, -0.2) is 4.98 Å². The third-order valence-electron chi connectivity index (χ3n) is 3.52. The number of hydrogen-bond donors (Lipinski definition) is 1. The minimum absolute atomic E-state index is 0.387. The van der Waals surface area contributed by atoms with Crippen LogP contribution < -0.4 is 5.32 Å². The highest BCUT2D eigenvalue weighted by molar-refractivity contribution is 9.10. The summed E-state index contributed by atoms with van der Waals surface area (Å²) in [6, 6.07) is 8.94. The van der Waals surface area contributed by atoms with Crippen LogP contribution in [-0.4, -0.2) is 30.5 Å². The lowest BCUT2D eigenvalue weighted by Crippen LogP contribution is -2.25. The molecule has 0 radical (unpaired) electrons. The fourth-order valence-corrected chi connectivity index (χ4v) is 3.23. The summed E-state index contributed by atoms with van der Waals surface area (Å²) in [4.78, 5) is 6.85. The Morgan fingerprint density at radius 1 is 1.33 bits per heavy atom. The van der Waals surface area contributed by atoms with Gasteiger partial charge in [0.15, 0.2) is 0 Å². The number of halogens is 1. The van der Waals surface area contributed by atoms with Gasteiger partial charge in [0.1, 0.15) is 0 Å². The molecule has 0 aliphatic carbocycles. The Kier molecular flexibility index (Phi) is 6.36. The van der Waals surface area contributed by atoms with Gasteiger partial charge in [0.25, 0.3) is 0 Å². The summed E-state index contributed by atoms with van der Waals surface area (Å²) in [5.41, 5.74) is 2.50. The molecule has 0 saturated carbocycles. The van der Waals surface area contributed by atoms with Crippen LogP contribution in [0.1, 0.15) is 28.7 Å². The van der Waals surface area contributed by atoms with Gasteiger partial charge in [-0.1, -0.05) is 28.1 Å². The number of benzene rings is 1. The molecule has 0 fully saturated rings. The quantitative estimate of drug-likeness (QED) is 0.801. The molecule has 3 nitrogen and oxygen atoms in total. The van der Waals surface area contributed by atoms with E-state index in [1.54, 1.807) is 11.3 Å². The Balaban J connectivity index is 1.86. The number of hydrogen-bond acceptors (Lipinski definition) is 4. The second-order valence-electron chi connectivity index (χ2n) is 5.28. The van der Waals surface area contributed by atoms with Crippen molar-refractivity contribution in [2.75, 3.05) is 20.6 Å². The second kappa shape index (κ2) is 8.03. The van der Waals surface area contributed by atoms with E-state index in [9.17, 15) is 0 Å². The van der Waals surface area contributed by atoms with Gasteiger partial charge in [0, 0.05) is 29.0 Å². The Bertz CT molecular complexity index is 553. The molecule has 0 amide bonds. The Morgan fingerprint density at radius 2 is 2.05 bits per heavy atom. The molecule has 21 heavy (non-hydrogen) atoms. The number of aromatic nitrogens is 1. The molecule has 1 N–H and O–H groups in total. The lowest BCUT2D eigenvalue weighted by Gasteiger charge is -2.21. The molecule has 2 rings (SSSR count). The van der Waals surface area contributed by atoms with E-state index in [0.717, 1.165) is 29.0 Å². The van der Waals surface area contributed by atoms with Crippen molar-refractivity contribution in [3.05, 3.63) is 50.4 Å². The molecular formula is C16H22BrN3S. The second-order valence-corrected chi connectivity index (χ2v) is 7.26. The summed E-state index contributed by atoms with van der Waals surface area (Å²) in [5, 5.41) is 6.69. The zero-order valence-corrected chi connectivity index (χ0v) is 15.2. The topological polar surface area (TPSA) is 28.2 Å². The number of aryl methyl sites for hydroxylation is 1. The van der Waals surface area contributed by atoms with Gasteiger partial charge in [0.2, 0.25) is 0 Å². The third-order valence-corrected chi connectivity index (χ3v) is 4.87. The molecule has 0 spiro atoms. The van der Waals surface area contributed by atoms with Crippen molar-refractivity contribution >= 4 is 27.3 Å². The molecule has 1 aromatic carbocycles. The van der Waals surface area contributed by atoms with Crippen molar-refractivity contribution in [2.24, 2.45) is 0 Å². The van der Waals surface area contributed by atoms with Crippen LogP contribution in [0.3, 0.4) is 0 Å². The molecule has 1 heterocycles. The van der Waals surface area contributed by atoms with E-state index >= 15 is 0 Å². The average molecular weight is 368 g/mol. The highest BCUT2D eigenvalue weighted by Gasteiger charge is 2.11. The number of nitrogens with one attached hydrogen (secondary N) is 1. The summed E-state index contributed by atoms with van der Waals surface area (Å²) in [6.45, 7) is 4.01. The molecular weight excluding hydrogens is 346 g/mol. The van der Waals surface area contributed by atoms with Crippen molar-refractivity contribution in [2.45, 2.75) is 25.9 Å². The summed E-state index contributed by atoms with van der Waals surface area (Å²) in [6.07, 6.45) is 1.08. The zero-order valence-electron chi connectivity index (χ0n) is 12.8. The highest BCUT2D eigenvalue weighted by atomic mass is 79.9. The van der Waals surface area contributed by atoms with Gasteiger partial charge < -0.3 is 10.2 Å². The van der Waals surface area contributed by atoms with Crippen LogP contribution >= 0.6 is 27.3 Å². The first-order chi connectivity index (χ1) is 10.1. The molecule has 1 unspecified atom stereocenters. The molecule has 1 aromatic heterocycles. The predicted molar refractivity (Wildman–Crippen MR) is 93.7 cm³/mol. The Morgan fingerprint density at radius 3 is 2.62 bits per heavy atom. The van der Waals surface area contributed by atoms with E-state index in [-0.39, 0.29) is 0 Å². The summed E-state index contributed by atoms with van der Waals surface area (Å²) in [5.74, 6) is 0. The van der Waals surface area contributed by atoms with E-state index in [0.29, 0.717) is 6.04 Å². The maximum Gasteiger partial charge on any atom is 0.0897 e. The molecule has 0 saturated heterocycles. The van der Waals surface area contributed by atoms with Crippen molar-refractivity contribution < 1.29 is 0 Å². The number of rotatable bonds is 7. The third kappa shape index (κ3) is 5.18. The van der Waals surface area contributed by atoms with Crippen LogP contribution in [0.5, 0.6) is 0 Å². The maximum absolute atomic E-state index is 4.52. The average Bonchev–Trinajstić information content (AvgIpc) is 2.86. The van der Waals surface area contributed by atoms with Crippen LogP contribution in [0.25, 0.3) is 0 Å². The van der Waals surface area contributed by atoms with Crippen molar-refractivity contribution in [1.82, 2.24) is 15.2 Å². The fourth-order valence-electron chi connectivity index (χ4n) is 2.36. The fraction of sp³-hybridized carbons (Fsp3) is 0.438. The smallest absolute Gasteiger partial charge is 0.0897 e. The standard InChI is InChI=1S/C16H22BrN3S/c1-12-19-15(11-21-12)10-20(3)9-8-16(18-2)13-4-6-14(17)7-5-13/h4-7,11,16,18H,8-10H2,1-3H3. The lowest BCUT2D eigenvalue weighted by molar-refractivity contribution is 0.301. The van der Waals surface area contributed by atoms with Gasteiger partial charge in [-0.15, -0.1) is 11.3 Å². The first-order valence-electron chi connectivity index (χ1n) is 7.10. The molecule has 5 heteroatoms. The largest absolute Gasteiger partial charge is 0.313 e. The van der Waals surface area contributed by atoms with Crippen molar-refractivity contribution in [1.29, 1.82) is 0 Å². The van der Waals surface area contributed by atoms with Crippen LogP contribution in [0.4, 0.5) is 0 Å². The molecule has 2 aromatic rings. The summed E-state index contributed by atoms with van der Waals surface area (Å²) >= 11 is 5.20. The predicted octanol–water partition coefficient (Wildman–Crippen LogP) is 4.00. The summed E-state index contributed by atoms with van der Waals surface area (Å²) < 4.78 is 1.12. The van der Waals surface area contributed by atoms with Crippen molar-refractivity contribution in [3.8, 4) is 0 Å². The van der Waals surface area contributed by atoms with E-state index in [4.69, 9.17) is 0 Å². The van der Waals surface area contributed by atoms with Crippen LogP contribution in [0.2, 0.25) is 0 Å². The minimum atomic E-state index is 0.387. The van der Waals surface area contributed by atoms with Gasteiger partial charge >= 0.3 is 0 Å². The van der Waals surface area contributed by atoms with E-state index < -0.39 is 0 Å². The van der Waals surface area contributed by atoms with Gasteiger partial charge in [-0.3, -0.25) is 0 Å². The van der Waals surface area contributed by atoms with Crippen LogP contribution in [0, 0.1) is 6.92 Å². The minimum Gasteiger partial charge on any atom is -0.313 e. The van der Waals surface area contributed by atoms with E-state index in [1.165, 1.54) is 11.3 Å². The first-order valence-corrected chi connectivity index (χ1v) is 8.78. The number of nitrogens with zero attached hydrogens (tertiary/aromatic N) is 2. The monoisotopic (exact) mass is 367 g/mol. The van der Waals surface area contributed by atoms with Crippen molar-refractivity contribution in [3.63, 3.8) is 0 Å². The summed E-state index contributed by atoms with van der Waals surface area (Å²) in [7, 11) is 4.18. The van der Waals surface area contributed by atoms with Crippen LogP contribution in [0.15, 0.2) is 34.1 Å². The first kappa shape index (κ1) is 16.6. The molecule has 0 aliphatic rings.